The molecule has 1 aromatic heterocycles. The van der Waals surface area contributed by atoms with Crippen LogP contribution in [0.25, 0.3) is 38.4 Å². The molecule has 5 heteroatoms. The Bertz CT molecular complexity index is 2950. The summed E-state index contributed by atoms with van der Waals surface area (Å²) in [6, 6.07) is 38.0. The maximum atomic E-state index is 15.1. The minimum Gasteiger partial charge on any atom is -0.460 e. The Kier molecular flexibility index (Phi) is 9.80. The third-order valence-corrected chi connectivity index (χ3v) is 15.3. The van der Waals surface area contributed by atoms with Crippen LogP contribution in [0.15, 0.2) is 208 Å². The fourth-order valence-corrected chi connectivity index (χ4v) is 11.9. The third kappa shape index (κ3) is 6.88. The van der Waals surface area contributed by atoms with E-state index in [4.69, 9.17) is 15.1 Å². The highest BCUT2D eigenvalue weighted by Gasteiger charge is 2.35. The van der Waals surface area contributed by atoms with Gasteiger partial charge in [0.25, 0.3) is 0 Å². The second kappa shape index (κ2) is 15.7. The molecular weight excluding hydrogens is 740 g/mol. The largest absolute Gasteiger partial charge is 0.460 e. The number of hydrogen-bond donors (Lipinski definition) is 1. The van der Waals surface area contributed by atoms with E-state index in [9.17, 15) is 0 Å². The maximum Gasteiger partial charge on any atom is 0.153 e. The monoisotopic (exact) mass is 784 g/mol. The van der Waals surface area contributed by atoms with Crippen molar-refractivity contribution in [3.05, 3.63) is 221 Å². The summed E-state index contributed by atoms with van der Waals surface area (Å²) in [5.41, 5.74) is 18.1. The zero-order chi connectivity index (χ0) is 39.8. The predicted molar refractivity (Wildman–Crippen MR) is 248 cm³/mol. The Morgan fingerprint density at radius 2 is 1.56 bits per heavy atom. The summed E-state index contributed by atoms with van der Waals surface area (Å²) in [5, 5.41) is 5.06. The van der Waals surface area contributed by atoms with Crippen molar-refractivity contribution in [2.75, 3.05) is 6.54 Å². The summed E-state index contributed by atoms with van der Waals surface area (Å²) >= 11 is 0. The van der Waals surface area contributed by atoms with Crippen LogP contribution in [0.1, 0.15) is 48.1 Å². The summed E-state index contributed by atoms with van der Waals surface area (Å²) in [5.74, 6) is 1.01. The molecule has 0 bridgehead atoms. The number of allylic oxidation sites excluding steroid dienone is 12. The van der Waals surface area contributed by atoms with E-state index in [0.29, 0.717) is 6.54 Å². The van der Waals surface area contributed by atoms with Crippen molar-refractivity contribution < 1.29 is 8.98 Å². The molecule has 0 spiro atoms. The molecule has 5 aromatic carbocycles. The second-order valence-electron chi connectivity index (χ2n) is 15.7. The van der Waals surface area contributed by atoms with E-state index in [0.717, 1.165) is 121 Å². The van der Waals surface area contributed by atoms with Gasteiger partial charge < -0.3 is 14.7 Å². The lowest BCUT2D eigenvalue weighted by molar-refractivity contribution is 0.548. The van der Waals surface area contributed by atoms with Crippen molar-refractivity contribution in [2.45, 2.75) is 37.8 Å². The van der Waals surface area contributed by atoms with Crippen LogP contribution in [0.4, 0.5) is 0 Å². The second-order valence-corrected chi connectivity index (χ2v) is 18.6. The zero-order valence-corrected chi connectivity index (χ0v) is 33.8. The molecule has 0 fully saturated rings. The van der Waals surface area contributed by atoms with Crippen molar-refractivity contribution in [1.29, 1.82) is 0 Å². The third-order valence-electron chi connectivity index (χ3n) is 12.0. The first-order chi connectivity index (χ1) is 29.0. The molecule has 4 aliphatic carbocycles. The number of aliphatic imine (C=N–C) groups is 1. The molecule has 0 amide bonds. The van der Waals surface area contributed by atoms with E-state index in [2.05, 4.69) is 134 Å². The Balaban J connectivity index is 1.07. The first-order valence-corrected chi connectivity index (χ1v) is 22.5. The summed E-state index contributed by atoms with van der Waals surface area (Å²) in [6.45, 7) is 0.599. The fraction of sp³-hybridized carbons (Fsp3) is 0.130. The molecule has 10 rings (SSSR count). The quantitative estimate of drug-likeness (QED) is 0.111. The van der Waals surface area contributed by atoms with Crippen molar-refractivity contribution in [2.24, 2.45) is 10.7 Å². The number of hydrogen-bond acceptors (Lipinski definition) is 4. The van der Waals surface area contributed by atoms with Gasteiger partial charge in [-0.25, -0.2) is 0 Å². The van der Waals surface area contributed by atoms with Crippen LogP contribution in [-0.2, 0) is 11.0 Å². The lowest BCUT2D eigenvalue weighted by Gasteiger charge is -2.24. The highest BCUT2D eigenvalue weighted by Crippen LogP contribution is 2.51. The van der Waals surface area contributed by atoms with Gasteiger partial charge in [0, 0.05) is 44.6 Å². The first-order valence-electron chi connectivity index (χ1n) is 20.7. The van der Waals surface area contributed by atoms with Gasteiger partial charge in [0.1, 0.15) is 11.3 Å². The molecule has 0 saturated heterocycles. The van der Waals surface area contributed by atoms with Gasteiger partial charge in [-0.1, -0.05) is 164 Å². The molecule has 2 N–H and O–H groups in total. The number of fused-ring (bicyclic) bond motifs is 5. The first kappa shape index (κ1) is 36.8. The highest BCUT2D eigenvalue weighted by molar-refractivity contribution is 7.79. The molecule has 288 valence electrons. The summed E-state index contributed by atoms with van der Waals surface area (Å²) in [6.07, 6.45) is 30.2. The van der Waals surface area contributed by atoms with Crippen molar-refractivity contribution in [1.82, 2.24) is 0 Å². The van der Waals surface area contributed by atoms with Gasteiger partial charge in [-0.3, -0.25) is 4.99 Å². The lowest BCUT2D eigenvalue weighted by atomic mass is 9.87. The van der Waals surface area contributed by atoms with Gasteiger partial charge >= 0.3 is 0 Å². The SMILES string of the molecule is N/C(=C\C(=N/CC1=CCCC=C1)c1cccc(-c2cc3c4c(oc3c3ccccc23)CCC=C4c2ccc(P(=O)(c3ccccc3)C3C=CC=C3)cc2)c1)C1=CC=CC1. The molecule has 1 heterocycles. The number of aryl methyl sites for hydroxylation is 1. The Morgan fingerprint density at radius 3 is 2.34 bits per heavy atom. The number of rotatable bonds is 10. The Hall–Kier alpha value is -6.48. The molecule has 1 atom stereocenters. The zero-order valence-electron chi connectivity index (χ0n) is 32.9. The number of furan rings is 1. The molecule has 4 aliphatic rings. The van der Waals surface area contributed by atoms with Gasteiger partial charge in [0.2, 0.25) is 0 Å². The van der Waals surface area contributed by atoms with Crippen LogP contribution in [0.5, 0.6) is 0 Å². The number of nitrogens with zero attached hydrogens (tertiary/aromatic N) is 1. The smallest absolute Gasteiger partial charge is 0.153 e. The van der Waals surface area contributed by atoms with Crippen LogP contribution in [0.2, 0.25) is 0 Å². The minimum absolute atomic E-state index is 0.163. The van der Waals surface area contributed by atoms with E-state index >= 15 is 4.57 Å². The molecule has 4 nitrogen and oxygen atoms in total. The Labute approximate surface area is 346 Å². The van der Waals surface area contributed by atoms with Gasteiger partial charge in [0.15, 0.2) is 7.14 Å². The summed E-state index contributed by atoms with van der Waals surface area (Å²) in [7, 11) is -2.97. The predicted octanol–water partition coefficient (Wildman–Crippen LogP) is 12.2. The van der Waals surface area contributed by atoms with Gasteiger partial charge in [-0.15, -0.1) is 0 Å². The molecule has 6 aromatic rings. The van der Waals surface area contributed by atoms with E-state index < -0.39 is 7.14 Å². The normalized spacial score (nSPS) is 17.7. The molecule has 1 unspecified atom stereocenters. The van der Waals surface area contributed by atoms with E-state index in [1.807, 2.05) is 48.6 Å². The molecular formula is C54H45N2O2P. The molecule has 0 aliphatic heterocycles. The van der Waals surface area contributed by atoms with Crippen LogP contribution < -0.4 is 16.3 Å². The van der Waals surface area contributed by atoms with Crippen molar-refractivity contribution in [3.8, 4) is 11.1 Å². The number of benzene rings is 5. The van der Waals surface area contributed by atoms with Gasteiger partial charge in [0.05, 0.1) is 17.9 Å². The summed E-state index contributed by atoms with van der Waals surface area (Å²) < 4.78 is 21.9. The van der Waals surface area contributed by atoms with Gasteiger partial charge in [-0.2, -0.15) is 0 Å². The summed E-state index contributed by atoms with van der Waals surface area (Å²) in [4.78, 5) is 5.18. The standard InChI is InChI=1S/C54H45N2O2P/c55-50(39-17-7-8-18-39)35-51(56-36-37-15-3-1-4-16-37)41-20-13-19-40(33-41)48-34-49-53-45(27-14-28-52(53)58-54(49)47-26-12-11-25-46(47)48)38-29-31-44(32-30-38)59(57,43-23-9-10-24-43)42-21-5-2-6-22-42/h2-3,5-13,15-17,19-27,29-35,43H,1,4,14,18,28,36,55H2/b50-35-,56-51+. The van der Waals surface area contributed by atoms with Crippen LogP contribution in [-0.4, -0.2) is 17.9 Å². The fourth-order valence-electron chi connectivity index (χ4n) is 8.99. The van der Waals surface area contributed by atoms with E-state index in [-0.39, 0.29) is 5.66 Å². The van der Waals surface area contributed by atoms with Crippen molar-refractivity contribution >= 4 is 50.8 Å². The van der Waals surface area contributed by atoms with Crippen molar-refractivity contribution in [3.63, 3.8) is 0 Å². The van der Waals surface area contributed by atoms with Crippen LogP contribution in [0, 0.1) is 0 Å². The average Bonchev–Trinajstić information content (AvgIpc) is 4.11. The van der Waals surface area contributed by atoms with Crippen LogP contribution in [0.3, 0.4) is 0 Å². The van der Waals surface area contributed by atoms with Gasteiger partial charge in [-0.05, 0) is 82.7 Å². The number of nitrogens with two attached hydrogens (primary N) is 1. The Morgan fingerprint density at radius 1 is 0.763 bits per heavy atom. The minimum atomic E-state index is -2.97. The maximum absolute atomic E-state index is 15.1. The van der Waals surface area contributed by atoms with Crippen LogP contribution >= 0.6 is 7.14 Å². The molecule has 0 radical (unpaired) electrons. The highest BCUT2D eigenvalue weighted by atomic mass is 31.2. The lowest BCUT2D eigenvalue weighted by Crippen LogP contribution is -2.23. The van der Waals surface area contributed by atoms with E-state index in [1.54, 1.807) is 0 Å². The van der Waals surface area contributed by atoms with E-state index in [1.165, 1.54) is 5.57 Å². The molecule has 59 heavy (non-hydrogen) atoms. The molecule has 0 saturated carbocycles. The average molecular weight is 785 g/mol. The topological polar surface area (TPSA) is 68.6 Å².